The molecule has 1 saturated heterocycles. The molecule has 0 aliphatic carbocycles. The van der Waals surface area contributed by atoms with Gasteiger partial charge in [0, 0.05) is 25.8 Å². The molecular weight excluding hydrogens is 198 g/mol. The number of piperidine rings is 1. The van der Waals surface area contributed by atoms with Crippen molar-refractivity contribution < 1.29 is 0 Å². The summed E-state index contributed by atoms with van der Waals surface area (Å²) in [6.45, 7) is 5.40. The first kappa shape index (κ1) is 11.7. The Kier molecular flexibility index (Phi) is 4.02. The van der Waals surface area contributed by atoms with Crippen LogP contribution in [-0.2, 0) is 0 Å². The van der Waals surface area contributed by atoms with E-state index in [1.54, 1.807) is 0 Å². The average Bonchev–Trinajstić information content (AvgIpc) is 2.32. The average molecular weight is 221 g/mol. The van der Waals surface area contributed by atoms with E-state index in [0.717, 1.165) is 12.5 Å². The second-order valence-electron chi connectivity index (χ2n) is 5.01. The van der Waals surface area contributed by atoms with Gasteiger partial charge in [-0.2, -0.15) is 0 Å². The van der Waals surface area contributed by atoms with Gasteiger partial charge in [-0.15, -0.1) is 0 Å². The first-order valence-corrected chi connectivity index (χ1v) is 6.28. The molecule has 0 aromatic carbocycles. The van der Waals surface area contributed by atoms with E-state index < -0.39 is 0 Å². The summed E-state index contributed by atoms with van der Waals surface area (Å²) in [6, 6.07) is 0. The second kappa shape index (κ2) is 5.51. The Morgan fingerprint density at radius 2 is 2.12 bits per heavy atom. The van der Waals surface area contributed by atoms with Gasteiger partial charge in [-0.1, -0.05) is 12.2 Å². The van der Waals surface area contributed by atoms with Crippen molar-refractivity contribution >= 4 is 0 Å². The highest BCUT2D eigenvalue weighted by atomic mass is 15.1. The van der Waals surface area contributed by atoms with Crippen molar-refractivity contribution in [1.82, 2.24) is 9.80 Å². The molecule has 3 nitrogen and oxygen atoms in total. The molecule has 2 rings (SSSR count). The van der Waals surface area contributed by atoms with E-state index in [-0.39, 0.29) is 0 Å². The van der Waals surface area contributed by atoms with Crippen LogP contribution in [0.3, 0.4) is 0 Å². The lowest BCUT2D eigenvalue weighted by molar-refractivity contribution is 0.189. The SMILES string of the molecule is CN1CCC(CN2C=C(CN)C=CC2)CC1. The highest BCUT2D eigenvalue weighted by molar-refractivity contribution is 5.23. The first-order chi connectivity index (χ1) is 7.78. The van der Waals surface area contributed by atoms with Gasteiger partial charge >= 0.3 is 0 Å². The van der Waals surface area contributed by atoms with Gasteiger partial charge in [-0.3, -0.25) is 0 Å². The van der Waals surface area contributed by atoms with Crippen LogP contribution in [0.5, 0.6) is 0 Å². The molecule has 0 atom stereocenters. The fourth-order valence-electron chi connectivity index (χ4n) is 2.49. The number of likely N-dealkylation sites (tertiary alicyclic amines) is 1. The van der Waals surface area contributed by atoms with Crippen molar-refractivity contribution in [2.75, 3.05) is 39.8 Å². The Balaban J connectivity index is 1.81. The number of nitrogens with zero attached hydrogens (tertiary/aromatic N) is 2. The van der Waals surface area contributed by atoms with Crippen LogP contribution in [0.25, 0.3) is 0 Å². The number of hydrogen-bond acceptors (Lipinski definition) is 3. The summed E-state index contributed by atoms with van der Waals surface area (Å²) in [5.41, 5.74) is 6.91. The summed E-state index contributed by atoms with van der Waals surface area (Å²) < 4.78 is 0. The van der Waals surface area contributed by atoms with E-state index in [2.05, 4.69) is 35.2 Å². The van der Waals surface area contributed by atoms with E-state index in [0.29, 0.717) is 6.54 Å². The Bertz CT molecular complexity index is 275. The van der Waals surface area contributed by atoms with Crippen LogP contribution in [0.15, 0.2) is 23.9 Å². The van der Waals surface area contributed by atoms with E-state index in [1.807, 2.05) is 0 Å². The zero-order chi connectivity index (χ0) is 11.4. The number of rotatable bonds is 3. The molecule has 0 spiro atoms. The molecule has 2 N–H and O–H groups in total. The van der Waals surface area contributed by atoms with Crippen molar-refractivity contribution in [1.29, 1.82) is 0 Å². The quantitative estimate of drug-likeness (QED) is 0.773. The van der Waals surface area contributed by atoms with Crippen LogP contribution in [0.4, 0.5) is 0 Å². The number of hydrogen-bond donors (Lipinski definition) is 1. The van der Waals surface area contributed by atoms with Crippen molar-refractivity contribution in [2.45, 2.75) is 12.8 Å². The predicted molar refractivity (Wildman–Crippen MR) is 68.1 cm³/mol. The molecule has 2 aliphatic rings. The summed E-state index contributed by atoms with van der Waals surface area (Å²) >= 11 is 0. The molecule has 0 unspecified atom stereocenters. The minimum Gasteiger partial charge on any atom is -0.373 e. The summed E-state index contributed by atoms with van der Waals surface area (Å²) in [7, 11) is 2.21. The van der Waals surface area contributed by atoms with Gasteiger partial charge < -0.3 is 15.5 Å². The zero-order valence-electron chi connectivity index (χ0n) is 10.2. The molecule has 2 heterocycles. The van der Waals surface area contributed by atoms with E-state index in [4.69, 9.17) is 5.73 Å². The molecular formula is C13H23N3. The van der Waals surface area contributed by atoms with Gasteiger partial charge in [0.15, 0.2) is 0 Å². The lowest BCUT2D eigenvalue weighted by Gasteiger charge is -2.33. The maximum Gasteiger partial charge on any atom is 0.0357 e. The second-order valence-corrected chi connectivity index (χ2v) is 5.01. The molecule has 0 aromatic heterocycles. The molecule has 0 radical (unpaired) electrons. The Labute approximate surface area is 98.6 Å². The molecule has 90 valence electrons. The maximum atomic E-state index is 5.66. The topological polar surface area (TPSA) is 32.5 Å². The van der Waals surface area contributed by atoms with Crippen molar-refractivity contribution in [2.24, 2.45) is 11.7 Å². The first-order valence-electron chi connectivity index (χ1n) is 6.28. The van der Waals surface area contributed by atoms with E-state index in [9.17, 15) is 0 Å². The highest BCUT2D eigenvalue weighted by Gasteiger charge is 2.18. The summed E-state index contributed by atoms with van der Waals surface area (Å²) in [4.78, 5) is 4.84. The Morgan fingerprint density at radius 1 is 1.38 bits per heavy atom. The third kappa shape index (κ3) is 3.09. The summed E-state index contributed by atoms with van der Waals surface area (Å²) in [6.07, 6.45) is 9.27. The minimum atomic E-state index is 0.653. The Morgan fingerprint density at radius 3 is 2.81 bits per heavy atom. The van der Waals surface area contributed by atoms with Gasteiger partial charge in [-0.05, 0) is 44.5 Å². The predicted octanol–water partition coefficient (Wildman–Crippen LogP) is 1.04. The van der Waals surface area contributed by atoms with Crippen LogP contribution in [0.2, 0.25) is 0 Å². The van der Waals surface area contributed by atoms with Crippen molar-refractivity contribution in [3.63, 3.8) is 0 Å². The minimum absolute atomic E-state index is 0.653. The molecule has 16 heavy (non-hydrogen) atoms. The molecule has 1 fully saturated rings. The monoisotopic (exact) mass is 221 g/mol. The molecule has 0 bridgehead atoms. The van der Waals surface area contributed by atoms with E-state index in [1.165, 1.54) is 38.0 Å². The molecule has 0 saturated carbocycles. The summed E-state index contributed by atoms with van der Waals surface area (Å²) in [5, 5.41) is 0. The van der Waals surface area contributed by atoms with Crippen molar-refractivity contribution in [3.8, 4) is 0 Å². The van der Waals surface area contributed by atoms with Crippen LogP contribution < -0.4 is 5.73 Å². The van der Waals surface area contributed by atoms with Crippen LogP contribution in [-0.4, -0.2) is 49.6 Å². The molecule has 0 aromatic rings. The summed E-state index contributed by atoms with van der Waals surface area (Å²) in [5.74, 6) is 0.859. The lowest BCUT2D eigenvalue weighted by Crippen LogP contribution is -2.36. The maximum absolute atomic E-state index is 5.66. The molecule has 0 amide bonds. The van der Waals surface area contributed by atoms with Crippen LogP contribution >= 0.6 is 0 Å². The third-order valence-corrected chi connectivity index (χ3v) is 3.59. The van der Waals surface area contributed by atoms with Gasteiger partial charge in [0.25, 0.3) is 0 Å². The standard InChI is InChI=1S/C13H23N3/c1-15-7-4-12(5-8-15)10-16-6-2-3-13(9-14)11-16/h2-3,11-12H,4-10,14H2,1H3. The van der Waals surface area contributed by atoms with Gasteiger partial charge in [0.1, 0.15) is 0 Å². The van der Waals surface area contributed by atoms with Gasteiger partial charge in [0.2, 0.25) is 0 Å². The van der Waals surface area contributed by atoms with Gasteiger partial charge in [0.05, 0.1) is 0 Å². The zero-order valence-corrected chi connectivity index (χ0v) is 10.2. The fraction of sp³-hybridized carbons (Fsp3) is 0.692. The normalized spacial score (nSPS) is 23.6. The Hall–Kier alpha value is -0.800. The smallest absolute Gasteiger partial charge is 0.0357 e. The third-order valence-electron chi connectivity index (χ3n) is 3.59. The van der Waals surface area contributed by atoms with Crippen LogP contribution in [0, 0.1) is 5.92 Å². The van der Waals surface area contributed by atoms with E-state index >= 15 is 0 Å². The highest BCUT2D eigenvalue weighted by Crippen LogP contribution is 2.18. The fourth-order valence-corrected chi connectivity index (χ4v) is 2.49. The van der Waals surface area contributed by atoms with Crippen molar-refractivity contribution in [3.05, 3.63) is 23.9 Å². The number of nitrogens with two attached hydrogens (primary N) is 1. The lowest BCUT2D eigenvalue weighted by atomic mass is 9.96. The van der Waals surface area contributed by atoms with Gasteiger partial charge in [-0.25, -0.2) is 0 Å². The molecule has 2 aliphatic heterocycles. The van der Waals surface area contributed by atoms with Crippen LogP contribution in [0.1, 0.15) is 12.8 Å². The molecule has 3 heteroatoms. The largest absolute Gasteiger partial charge is 0.373 e.